The first-order valence-corrected chi connectivity index (χ1v) is 7.36. The van der Waals surface area contributed by atoms with Gasteiger partial charge in [-0.25, -0.2) is 0 Å². The topological polar surface area (TPSA) is 71.1 Å². The molecule has 0 saturated heterocycles. The number of carbonyl (C=O) groups excluding carboxylic acids is 1. The number of rotatable bonds is 10. The van der Waals surface area contributed by atoms with Crippen LogP contribution in [0.1, 0.15) is 27.2 Å². The fraction of sp³-hybridized carbons (Fsp3) is 0.900. The summed E-state index contributed by atoms with van der Waals surface area (Å²) >= 11 is 0. The summed E-state index contributed by atoms with van der Waals surface area (Å²) in [6.45, 7) is 6.10. The zero-order valence-corrected chi connectivity index (χ0v) is 11.5. The smallest absolute Gasteiger partial charge is 0.356 e. The van der Waals surface area contributed by atoms with Crippen molar-refractivity contribution in [2.45, 2.75) is 27.2 Å². The first kappa shape index (κ1) is 16.6. The zero-order chi connectivity index (χ0) is 13.1. The van der Waals surface area contributed by atoms with Gasteiger partial charge in [-0.15, -0.1) is 0 Å². The molecule has 102 valence electrons. The molecule has 0 unspecified atom stereocenters. The van der Waals surface area contributed by atoms with E-state index in [1.54, 1.807) is 13.8 Å². The minimum absolute atomic E-state index is 0.0747. The van der Waals surface area contributed by atoms with Crippen molar-refractivity contribution >= 4 is 13.6 Å². The highest BCUT2D eigenvalue weighted by atomic mass is 31.2. The summed E-state index contributed by atoms with van der Waals surface area (Å²) in [7, 11) is -3.12. The SMILES string of the molecule is CCOP(=O)(COCCCOC(C)=O)OCC. The molecule has 0 aromatic rings. The predicted molar refractivity (Wildman–Crippen MR) is 62.9 cm³/mol. The van der Waals surface area contributed by atoms with Crippen LogP contribution in [0.5, 0.6) is 0 Å². The van der Waals surface area contributed by atoms with Gasteiger partial charge >= 0.3 is 13.6 Å². The van der Waals surface area contributed by atoms with Gasteiger partial charge in [0.25, 0.3) is 0 Å². The van der Waals surface area contributed by atoms with Crippen molar-refractivity contribution in [3.8, 4) is 0 Å². The van der Waals surface area contributed by atoms with Gasteiger partial charge in [0.2, 0.25) is 0 Å². The summed E-state index contributed by atoms with van der Waals surface area (Å²) < 4.78 is 31.9. The number of hydrogen-bond donors (Lipinski definition) is 0. The third-order valence-corrected chi connectivity index (χ3v) is 3.44. The lowest BCUT2D eigenvalue weighted by atomic mass is 10.5. The summed E-state index contributed by atoms with van der Waals surface area (Å²) in [5, 5.41) is 0. The van der Waals surface area contributed by atoms with Crippen LogP contribution in [-0.2, 0) is 27.9 Å². The Balaban J connectivity index is 3.68. The van der Waals surface area contributed by atoms with Crippen LogP contribution in [0.3, 0.4) is 0 Å². The average Bonchev–Trinajstić information content (AvgIpc) is 2.23. The van der Waals surface area contributed by atoms with Gasteiger partial charge in [-0.1, -0.05) is 0 Å². The van der Waals surface area contributed by atoms with E-state index >= 15 is 0 Å². The minimum atomic E-state index is -3.12. The van der Waals surface area contributed by atoms with Crippen molar-refractivity contribution in [3.63, 3.8) is 0 Å². The van der Waals surface area contributed by atoms with Gasteiger partial charge in [-0.05, 0) is 13.8 Å². The van der Waals surface area contributed by atoms with Gasteiger partial charge < -0.3 is 18.5 Å². The standard InChI is InChI=1S/C10H21O6P/c1-4-15-17(12,16-5-2)9-13-7-6-8-14-10(3)11/h4-9H2,1-3H3. The molecule has 0 N–H and O–H groups in total. The molecule has 0 bridgehead atoms. The van der Waals surface area contributed by atoms with E-state index in [4.69, 9.17) is 18.5 Å². The molecule has 0 saturated carbocycles. The van der Waals surface area contributed by atoms with E-state index in [0.29, 0.717) is 32.8 Å². The molecule has 6 nitrogen and oxygen atoms in total. The second kappa shape index (κ2) is 9.59. The number of carbonyl (C=O) groups is 1. The van der Waals surface area contributed by atoms with Crippen molar-refractivity contribution in [2.24, 2.45) is 0 Å². The Morgan fingerprint density at radius 3 is 2.18 bits per heavy atom. The molecule has 0 aliphatic carbocycles. The van der Waals surface area contributed by atoms with E-state index in [0.717, 1.165) is 0 Å². The van der Waals surface area contributed by atoms with Gasteiger partial charge in [0, 0.05) is 13.3 Å². The van der Waals surface area contributed by atoms with E-state index in [-0.39, 0.29) is 12.3 Å². The summed E-state index contributed by atoms with van der Waals surface area (Å²) in [4.78, 5) is 10.5. The fourth-order valence-electron chi connectivity index (χ4n) is 1.06. The summed E-state index contributed by atoms with van der Waals surface area (Å²) in [5.74, 6) is -0.320. The van der Waals surface area contributed by atoms with E-state index in [9.17, 15) is 9.36 Å². The summed E-state index contributed by atoms with van der Waals surface area (Å²) in [5.41, 5.74) is 0. The normalized spacial score (nSPS) is 11.5. The van der Waals surface area contributed by atoms with Gasteiger partial charge in [0.1, 0.15) is 6.35 Å². The van der Waals surface area contributed by atoms with Crippen LogP contribution in [-0.4, -0.2) is 38.7 Å². The van der Waals surface area contributed by atoms with Crippen LogP contribution in [0.2, 0.25) is 0 Å². The lowest BCUT2D eigenvalue weighted by Crippen LogP contribution is -2.07. The van der Waals surface area contributed by atoms with Gasteiger partial charge in [-0.2, -0.15) is 0 Å². The average molecular weight is 268 g/mol. The Hall–Kier alpha value is -0.420. The second-order valence-electron chi connectivity index (χ2n) is 3.18. The van der Waals surface area contributed by atoms with E-state index in [2.05, 4.69) is 0 Å². The Morgan fingerprint density at radius 1 is 1.12 bits per heavy atom. The quantitative estimate of drug-likeness (QED) is 0.343. The molecule has 0 atom stereocenters. The van der Waals surface area contributed by atoms with Gasteiger partial charge in [-0.3, -0.25) is 9.36 Å². The van der Waals surface area contributed by atoms with Gasteiger partial charge in [0.05, 0.1) is 26.4 Å². The number of esters is 1. The minimum Gasteiger partial charge on any atom is -0.466 e. The highest BCUT2D eigenvalue weighted by Crippen LogP contribution is 2.47. The van der Waals surface area contributed by atoms with E-state index in [1.165, 1.54) is 6.92 Å². The van der Waals surface area contributed by atoms with Crippen molar-refractivity contribution in [2.75, 3.05) is 32.8 Å². The molecule has 0 aromatic carbocycles. The van der Waals surface area contributed by atoms with E-state index in [1.807, 2.05) is 0 Å². The number of ether oxygens (including phenoxy) is 2. The van der Waals surface area contributed by atoms with Crippen LogP contribution in [0, 0.1) is 0 Å². The van der Waals surface area contributed by atoms with Crippen LogP contribution in [0.4, 0.5) is 0 Å². The monoisotopic (exact) mass is 268 g/mol. The third-order valence-electron chi connectivity index (χ3n) is 1.64. The maximum Gasteiger partial charge on any atom is 0.356 e. The van der Waals surface area contributed by atoms with Gasteiger partial charge in [0.15, 0.2) is 0 Å². The largest absolute Gasteiger partial charge is 0.466 e. The molecule has 0 heterocycles. The Bertz CT molecular complexity index is 245. The molecule has 0 aliphatic rings. The Kier molecular flexibility index (Phi) is 9.36. The molecule has 17 heavy (non-hydrogen) atoms. The maximum atomic E-state index is 11.9. The molecule has 0 aliphatic heterocycles. The second-order valence-corrected chi connectivity index (χ2v) is 5.17. The molecule has 0 radical (unpaired) electrons. The highest BCUT2D eigenvalue weighted by Gasteiger charge is 2.23. The molecule has 0 aromatic heterocycles. The maximum absolute atomic E-state index is 11.9. The molecule has 0 fully saturated rings. The molecular weight excluding hydrogens is 247 g/mol. The molecule has 0 spiro atoms. The number of hydrogen-bond acceptors (Lipinski definition) is 6. The Morgan fingerprint density at radius 2 is 1.71 bits per heavy atom. The summed E-state index contributed by atoms with van der Waals surface area (Å²) in [6.07, 6.45) is 0.479. The highest BCUT2D eigenvalue weighted by molar-refractivity contribution is 7.53. The fourth-order valence-corrected chi connectivity index (χ4v) is 2.42. The van der Waals surface area contributed by atoms with Crippen LogP contribution in [0.15, 0.2) is 0 Å². The lowest BCUT2D eigenvalue weighted by molar-refractivity contribution is -0.141. The zero-order valence-electron chi connectivity index (χ0n) is 10.6. The first-order chi connectivity index (χ1) is 8.04. The van der Waals surface area contributed by atoms with E-state index < -0.39 is 7.60 Å². The van der Waals surface area contributed by atoms with Crippen LogP contribution < -0.4 is 0 Å². The van der Waals surface area contributed by atoms with Crippen molar-refractivity contribution in [1.29, 1.82) is 0 Å². The molecular formula is C10H21O6P. The molecule has 0 rings (SSSR count). The lowest BCUT2D eigenvalue weighted by Gasteiger charge is -2.16. The van der Waals surface area contributed by atoms with Crippen LogP contribution in [0.25, 0.3) is 0 Å². The van der Waals surface area contributed by atoms with Crippen molar-refractivity contribution < 1.29 is 27.9 Å². The predicted octanol–water partition coefficient (Wildman–Crippen LogP) is 2.18. The van der Waals surface area contributed by atoms with Crippen molar-refractivity contribution in [1.82, 2.24) is 0 Å². The third kappa shape index (κ3) is 9.30. The molecule has 0 amide bonds. The van der Waals surface area contributed by atoms with Crippen LogP contribution >= 0.6 is 7.60 Å². The molecule has 7 heteroatoms. The Labute approximate surface area is 102 Å². The van der Waals surface area contributed by atoms with Crippen molar-refractivity contribution in [3.05, 3.63) is 0 Å². The summed E-state index contributed by atoms with van der Waals surface area (Å²) in [6, 6.07) is 0. The first-order valence-electron chi connectivity index (χ1n) is 5.63.